The molecule has 0 saturated heterocycles. The Bertz CT molecular complexity index is 350. The predicted octanol–water partition coefficient (Wildman–Crippen LogP) is 1.95. The highest BCUT2D eigenvalue weighted by Gasteiger charge is 2.20. The molecule has 1 aliphatic rings. The zero-order valence-electron chi connectivity index (χ0n) is 11.3. The summed E-state index contributed by atoms with van der Waals surface area (Å²) >= 11 is 1.78. The lowest BCUT2D eigenvalue weighted by molar-refractivity contribution is 0.508. The maximum Gasteiger partial charge on any atom is 0.209 e. The molecule has 1 aliphatic carbocycles. The van der Waals surface area contributed by atoms with Gasteiger partial charge in [0.15, 0.2) is 0 Å². The molecule has 0 spiro atoms. The van der Waals surface area contributed by atoms with E-state index in [2.05, 4.69) is 34.7 Å². The van der Waals surface area contributed by atoms with E-state index in [4.69, 9.17) is 0 Å². The molecule has 0 aliphatic heterocycles. The van der Waals surface area contributed by atoms with Gasteiger partial charge in [0.1, 0.15) is 0 Å². The lowest BCUT2D eigenvalue weighted by Gasteiger charge is -2.09. The fourth-order valence-electron chi connectivity index (χ4n) is 1.90. The Morgan fingerprint density at radius 1 is 1.50 bits per heavy atom. The summed E-state index contributed by atoms with van der Waals surface area (Å²) in [5, 5.41) is 16.4. The van der Waals surface area contributed by atoms with Crippen molar-refractivity contribution in [1.29, 1.82) is 0 Å². The maximum absolute atomic E-state index is 4.10. The number of aromatic nitrogens is 4. The van der Waals surface area contributed by atoms with Gasteiger partial charge in [-0.15, -0.1) is 5.10 Å². The van der Waals surface area contributed by atoms with Crippen LogP contribution in [0.2, 0.25) is 0 Å². The minimum Gasteiger partial charge on any atom is -0.312 e. The summed E-state index contributed by atoms with van der Waals surface area (Å²) in [7, 11) is 0. The zero-order chi connectivity index (χ0) is 12.8. The third-order valence-corrected chi connectivity index (χ3v) is 4.40. The molecule has 0 bridgehead atoms. The fraction of sp³-hybridized carbons (Fsp3) is 0.917. The minimum absolute atomic E-state index is 0.731. The van der Waals surface area contributed by atoms with Crippen LogP contribution in [0.15, 0.2) is 5.16 Å². The molecule has 1 aromatic rings. The van der Waals surface area contributed by atoms with Crippen LogP contribution in [0, 0.1) is 5.92 Å². The van der Waals surface area contributed by atoms with Crippen molar-refractivity contribution in [3.8, 4) is 0 Å². The molecule has 1 saturated carbocycles. The maximum atomic E-state index is 4.10. The van der Waals surface area contributed by atoms with Crippen molar-refractivity contribution in [2.75, 3.05) is 12.3 Å². The molecule has 5 nitrogen and oxygen atoms in total. The Morgan fingerprint density at radius 3 is 3.06 bits per heavy atom. The van der Waals surface area contributed by atoms with Crippen molar-refractivity contribution < 1.29 is 0 Å². The summed E-state index contributed by atoms with van der Waals surface area (Å²) in [5.74, 6) is 1.83. The molecule has 0 aromatic carbocycles. The summed E-state index contributed by atoms with van der Waals surface area (Å²) in [6.07, 6.45) is 5.17. The van der Waals surface area contributed by atoms with Crippen LogP contribution < -0.4 is 5.32 Å². The lowest BCUT2D eigenvalue weighted by atomic mass is 10.1. The minimum atomic E-state index is 0.731. The normalized spacial score (nSPS) is 17.0. The standard InChI is InChI=1S/C12H23N5S/c1-3-4-10(2)9-18-12-14-15-16-17(12)8-7-13-11-5-6-11/h10-11,13H,3-9H2,1-2H3. The van der Waals surface area contributed by atoms with E-state index < -0.39 is 0 Å². The van der Waals surface area contributed by atoms with Crippen LogP contribution in [0.4, 0.5) is 0 Å². The van der Waals surface area contributed by atoms with Crippen molar-refractivity contribution in [3.63, 3.8) is 0 Å². The first-order valence-corrected chi connectivity index (χ1v) is 7.90. The molecule has 2 rings (SSSR count). The second-order valence-electron chi connectivity index (χ2n) is 5.12. The first-order chi connectivity index (χ1) is 8.79. The van der Waals surface area contributed by atoms with Crippen molar-refractivity contribution in [1.82, 2.24) is 25.5 Å². The molecular formula is C12H23N5S. The van der Waals surface area contributed by atoms with Crippen LogP contribution in [-0.4, -0.2) is 38.5 Å². The average molecular weight is 269 g/mol. The van der Waals surface area contributed by atoms with Crippen LogP contribution in [-0.2, 0) is 6.54 Å². The molecule has 18 heavy (non-hydrogen) atoms. The Morgan fingerprint density at radius 2 is 2.33 bits per heavy atom. The summed E-state index contributed by atoms with van der Waals surface area (Å²) in [5.41, 5.74) is 0. The second-order valence-corrected chi connectivity index (χ2v) is 6.11. The van der Waals surface area contributed by atoms with Crippen molar-refractivity contribution in [2.45, 2.75) is 57.3 Å². The Labute approximate surface area is 113 Å². The van der Waals surface area contributed by atoms with Crippen LogP contribution in [0.3, 0.4) is 0 Å². The highest BCUT2D eigenvalue weighted by atomic mass is 32.2. The van der Waals surface area contributed by atoms with Gasteiger partial charge in [-0.3, -0.25) is 0 Å². The van der Waals surface area contributed by atoms with Gasteiger partial charge in [-0.2, -0.15) is 0 Å². The van der Waals surface area contributed by atoms with E-state index in [1.54, 1.807) is 11.8 Å². The van der Waals surface area contributed by atoms with Crippen LogP contribution in [0.5, 0.6) is 0 Å². The molecule has 1 N–H and O–H groups in total. The monoisotopic (exact) mass is 269 g/mol. The molecule has 1 aromatic heterocycles. The summed E-state index contributed by atoms with van der Waals surface area (Å²) in [4.78, 5) is 0. The highest BCUT2D eigenvalue weighted by molar-refractivity contribution is 7.99. The molecule has 1 heterocycles. The van der Waals surface area contributed by atoms with E-state index in [0.29, 0.717) is 0 Å². The third kappa shape index (κ3) is 4.57. The average Bonchev–Trinajstić information content (AvgIpc) is 3.06. The van der Waals surface area contributed by atoms with Crippen LogP contribution in [0.25, 0.3) is 0 Å². The molecule has 102 valence electrons. The third-order valence-electron chi connectivity index (χ3n) is 3.11. The Kier molecular flexibility index (Phi) is 5.44. The SMILES string of the molecule is CCCC(C)CSc1nnnn1CCNC1CC1. The largest absolute Gasteiger partial charge is 0.312 e. The van der Waals surface area contributed by atoms with E-state index in [9.17, 15) is 0 Å². The molecule has 0 radical (unpaired) electrons. The summed E-state index contributed by atoms with van der Waals surface area (Å²) < 4.78 is 1.92. The van der Waals surface area contributed by atoms with Crippen molar-refractivity contribution in [2.24, 2.45) is 5.92 Å². The van der Waals surface area contributed by atoms with Gasteiger partial charge >= 0.3 is 0 Å². The number of rotatable bonds is 9. The summed E-state index contributed by atoms with van der Waals surface area (Å²) in [6.45, 7) is 6.36. The molecular weight excluding hydrogens is 246 g/mol. The van der Waals surface area contributed by atoms with Crippen LogP contribution in [0.1, 0.15) is 39.5 Å². The van der Waals surface area contributed by atoms with E-state index in [1.165, 1.54) is 25.7 Å². The van der Waals surface area contributed by atoms with Gasteiger partial charge in [-0.1, -0.05) is 38.5 Å². The zero-order valence-corrected chi connectivity index (χ0v) is 12.1. The van der Waals surface area contributed by atoms with Gasteiger partial charge in [-0.25, -0.2) is 4.68 Å². The lowest BCUT2D eigenvalue weighted by Crippen LogP contribution is -2.22. The van der Waals surface area contributed by atoms with Gasteiger partial charge < -0.3 is 5.32 Å². The van der Waals surface area contributed by atoms with E-state index in [1.807, 2.05) is 4.68 Å². The molecule has 1 atom stereocenters. The number of hydrogen-bond donors (Lipinski definition) is 1. The topological polar surface area (TPSA) is 55.6 Å². The molecule has 0 amide bonds. The first-order valence-electron chi connectivity index (χ1n) is 6.92. The number of nitrogens with zero attached hydrogens (tertiary/aromatic N) is 4. The highest BCUT2D eigenvalue weighted by Crippen LogP contribution is 2.20. The number of thioether (sulfide) groups is 1. The van der Waals surface area contributed by atoms with Crippen LogP contribution >= 0.6 is 11.8 Å². The van der Waals surface area contributed by atoms with Crippen molar-refractivity contribution >= 4 is 11.8 Å². The van der Waals surface area contributed by atoms with E-state index >= 15 is 0 Å². The second kappa shape index (κ2) is 7.09. The smallest absolute Gasteiger partial charge is 0.209 e. The van der Waals surface area contributed by atoms with E-state index in [0.717, 1.165) is 36.0 Å². The molecule has 1 fully saturated rings. The fourth-order valence-corrected chi connectivity index (χ4v) is 2.87. The predicted molar refractivity (Wildman–Crippen MR) is 73.6 cm³/mol. The quantitative estimate of drug-likeness (QED) is 0.694. The Hall–Kier alpha value is -0.620. The number of hydrogen-bond acceptors (Lipinski definition) is 5. The molecule has 1 unspecified atom stereocenters. The summed E-state index contributed by atoms with van der Waals surface area (Å²) in [6, 6.07) is 0.752. The van der Waals surface area contributed by atoms with Gasteiger partial charge in [0.05, 0.1) is 6.54 Å². The van der Waals surface area contributed by atoms with Crippen molar-refractivity contribution in [3.05, 3.63) is 0 Å². The van der Waals surface area contributed by atoms with Gasteiger partial charge in [0.25, 0.3) is 0 Å². The van der Waals surface area contributed by atoms with Gasteiger partial charge in [0.2, 0.25) is 5.16 Å². The van der Waals surface area contributed by atoms with Gasteiger partial charge in [-0.05, 0) is 29.2 Å². The number of tetrazole rings is 1. The van der Waals surface area contributed by atoms with Gasteiger partial charge in [0, 0.05) is 18.3 Å². The number of nitrogens with one attached hydrogen (secondary N) is 1. The first kappa shape index (κ1) is 13.8. The van der Waals surface area contributed by atoms with E-state index in [-0.39, 0.29) is 0 Å². The Balaban J connectivity index is 1.71. The molecule has 6 heteroatoms.